The zero-order chi connectivity index (χ0) is 12.3. The van der Waals surface area contributed by atoms with Gasteiger partial charge in [0.1, 0.15) is 16.5 Å². The van der Waals surface area contributed by atoms with Crippen molar-refractivity contribution in [1.29, 1.82) is 0 Å². The van der Waals surface area contributed by atoms with Gasteiger partial charge in [-0.3, -0.25) is 4.90 Å². The van der Waals surface area contributed by atoms with E-state index < -0.39 is 0 Å². The third-order valence-corrected chi connectivity index (χ3v) is 3.47. The molecule has 0 radical (unpaired) electrons. The van der Waals surface area contributed by atoms with E-state index in [1.807, 2.05) is 0 Å². The summed E-state index contributed by atoms with van der Waals surface area (Å²) in [6, 6.07) is 2.07. The highest BCUT2D eigenvalue weighted by Crippen LogP contribution is 2.25. The van der Waals surface area contributed by atoms with Crippen LogP contribution in [0.4, 0.5) is 5.82 Å². The topological polar surface area (TPSA) is 41.1 Å². The van der Waals surface area contributed by atoms with Crippen molar-refractivity contribution in [1.82, 2.24) is 14.9 Å². The zero-order valence-electron chi connectivity index (χ0n) is 10.5. The smallest absolute Gasteiger partial charge is 0.146 e. The molecule has 1 N–H and O–H groups in total. The Morgan fingerprint density at radius 1 is 1.35 bits per heavy atom. The van der Waals surface area contributed by atoms with Crippen LogP contribution in [0.15, 0.2) is 11.4 Å². The molecule has 0 aliphatic carbocycles. The summed E-state index contributed by atoms with van der Waals surface area (Å²) in [5.41, 5.74) is 0. The van der Waals surface area contributed by atoms with Crippen molar-refractivity contribution in [2.24, 2.45) is 0 Å². The normalized spacial score (nSPS) is 11.3. The molecule has 2 rings (SSSR count). The minimum absolute atomic E-state index is 0.794. The van der Waals surface area contributed by atoms with E-state index >= 15 is 0 Å². The first-order chi connectivity index (χ1) is 8.24. The van der Waals surface area contributed by atoms with E-state index in [0.717, 1.165) is 41.5 Å². The number of hydrogen-bond donors (Lipinski definition) is 1. The number of nitrogens with one attached hydrogen (secondary N) is 1. The lowest BCUT2D eigenvalue weighted by molar-refractivity contribution is 0.337. The highest BCUT2D eigenvalue weighted by atomic mass is 32.1. The Labute approximate surface area is 106 Å². The minimum atomic E-state index is 0.794. The van der Waals surface area contributed by atoms with Crippen LogP contribution < -0.4 is 5.32 Å². The van der Waals surface area contributed by atoms with Crippen molar-refractivity contribution >= 4 is 27.4 Å². The fraction of sp³-hybridized carbons (Fsp3) is 0.500. The van der Waals surface area contributed by atoms with E-state index in [1.165, 1.54) is 0 Å². The third-order valence-electron chi connectivity index (χ3n) is 2.67. The van der Waals surface area contributed by atoms with Crippen molar-refractivity contribution < 1.29 is 0 Å². The zero-order valence-corrected chi connectivity index (χ0v) is 11.3. The molecule has 4 nitrogen and oxygen atoms in total. The van der Waals surface area contributed by atoms with Gasteiger partial charge < -0.3 is 5.32 Å². The molecule has 0 unspecified atom stereocenters. The first kappa shape index (κ1) is 12.3. The molecular weight excluding hydrogens is 232 g/mol. The highest BCUT2D eigenvalue weighted by molar-refractivity contribution is 7.16. The molecule has 5 heteroatoms. The SMILES string of the molecule is CCNc1nc(CN(C)CC)nc2sccc12. The van der Waals surface area contributed by atoms with Gasteiger partial charge >= 0.3 is 0 Å². The van der Waals surface area contributed by atoms with Crippen LogP contribution >= 0.6 is 11.3 Å². The summed E-state index contributed by atoms with van der Waals surface area (Å²) in [5.74, 6) is 1.85. The molecule has 2 heterocycles. The number of nitrogens with zero attached hydrogens (tertiary/aromatic N) is 3. The second-order valence-corrected chi connectivity index (χ2v) is 4.88. The highest BCUT2D eigenvalue weighted by Gasteiger charge is 2.09. The number of rotatable bonds is 5. The van der Waals surface area contributed by atoms with E-state index in [1.54, 1.807) is 11.3 Å². The largest absolute Gasteiger partial charge is 0.370 e. The van der Waals surface area contributed by atoms with Gasteiger partial charge in [0, 0.05) is 6.54 Å². The molecule has 0 saturated carbocycles. The first-order valence-corrected chi connectivity index (χ1v) is 6.79. The molecule has 2 aromatic heterocycles. The van der Waals surface area contributed by atoms with Gasteiger partial charge in [0.15, 0.2) is 0 Å². The van der Waals surface area contributed by atoms with Crippen LogP contribution in [0.25, 0.3) is 10.2 Å². The predicted molar refractivity (Wildman–Crippen MR) is 73.6 cm³/mol. The van der Waals surface area contributed by atoms with Crippen LogP contribution in [-0.4, -0.2) is 35.0 Å². The Morgan fingerprint density at radius 2 is 2.18 bits per heavy atom. The van der Waals surface area contributed by atoms with Crippen molar-refractivity contribution in [3.05, 3.63) is 17.3 Å². The minimum Gasteiger partial charge on any atom is -0.370 e. The molecule has 0 aliphatic heterocycles. The first-order valence-electron chi connectivity index (χ1n) is 5.91. The van der Waals surface area contributed by atoms with Gasteiger partial charge in [-0.1, -0.05) is 6.92 Å². The molecule has 0 atom stereocenters. The molecule has 0 aromatic carbocycles. The van der Waals surface area contributed by atoms with Gasteiger partial charge in [-0.05, 0) is 32.0 Å². The molecular formula is C12H18N4S. The van der Waals surface area contributed by atoms with Crippen molar-refractivity contribution in [3.8, 4) is 0 Å². The molecule has 0 fully saturated rings. The monoisotopic (exact) mass is 250 g/mol. The Kier molecular flexibility index (Phi) is 3.91. The molecule has 0 bridgehead atoms. The summed E-state index contributed by atoms with van der Waals surface area (Å²) in [6.07, 6.45) is 0. The van der Waals surface area contributed by atoms with E-state index in [2.05, 4.69) is 52.5 Å². The average Bonchev–Trinajstić information content (AvgIpc) is 2.77. The standard InChI is InChI=1S/C12H18N4S/c1-4-13-11-9-6-7-17-12(9)15-10(14-11)8-16(3)5-2/h6-7H,4-5,8H2,1-3H3,(H,13,14,15). The summed E-state index contributed by atoms with van der Waals surface area (Å²) in [7, 11) is 2.08. The van der Waals surface area contributed by atoms with Crippen LogP contribution in [-0.2, 0) is 6.54 Å². The van der Waals surface area contributed by atoms with E-state index in [0.29, 0.717) is 0 Å². The number of fused-ring (bicyclic) bond motifs is 1. The van der Waals surface area contributed by atoms with E-state index in [-0.39, 0.29) is 0 Å². The number of anilines is 1. The quantitative estimate of drug-likeness (QED) is 0.885. The third kappa shape index (κ3) is 2.73. The maximum atomic E-state index is 4.59. The Balaban J connectivity index is 2.36. The Bertz CT molecular complexity index is 494. The lowest BCUT2D eigenvalue weighted by Gasteiger charge is -2.13. The van der Waals surface area contributed by atoms with Gasteiger partial charge in [0.25, 0.3) is 0 Å². The molecule has 17 heavy (non-hydrogen) atoms. The van der Waals surface area contributed by atoms with Gasteiger partial charge in [0.2, 0.25) is 0 Å². The van der Waals surface area contributed by atoms with Gasteiger partial charge in [-0.15, -0.1) is 11.3 Å². The molecule has 92 valence electrons. The number of hydrogen-bond acceptors (Lipinski definition) is 5. The molecule has 0 aliphatic rings. The van der Waals surface area contributed by atoms with Crippen molar-refractivity contribution in [2.45, 2.75) is 20.4 Å². The maximum Gasteiger partial charge on any atom is 0.146 e. The van der Waals surface area contributed by atoms with Crippen molar-refractivity contribution in [3.63, 3.8) is 0 Å². The van der Waals surface area contributed by atoms with Crippen molar-refractivity contribution in [2.75, 3.05) is 25.5 Å². The average molecular weight is 250 g/mol. The van der Waals surface area contributed by atoms with Gasteiger partial charge in [-0.2, -0.15) is 0 Å². The number of thiophene rings is 1. The summed E-state index contributed by atoms with van der Waals surface area (Å²) in [6.45, 7) is 6.89. The van der Waals surface area contributed by atoms with Crippen LogP contribution in [0.3, 0.4) is 0 Å². The molecule has 0 amide bonds. The summed E-state index contributed by atoms with van der Waals surface area (Å²) in [4.78, 5) is 12.4. The van der Waals surface area contributed by atoms with Gasteiger partial charge in [0.05, 0.1) is 11.9 Å². The second kappa shape index (κ2) is 5.42. The van der Waals surface area contributed by atoms with Crippen LogP contribution in [0, 0.1) is 0 Å². The van der Waals surface area contributed by atoms with E-state index in [4.69, 9.17) is 0 Å². The lowest BCUT2D eigenvalue weighted by atomic mass is 10.3. The maximum absolute atomic E-state index is 4.59. The van der Waals surface area contributed by atoms with Gasteiger partial charge in [-0.25, -0.2) is 9.97 Å². The fourth-order valence-corrected chi connectivity index (χ4v) is 2.41. The number of aromatic nitrogens is 2. The fourth-order valence-electron chi connectivity index (χ4n) is 1.63. The molecule has 0 saturated heterocycles. The lowest BCUT2D eigenvalue weighted by Crippen LogP contribution is -2.19. The van der Waals surface area contributed by atoms with Crippen LogP contribution in [0.5, 0.6) is 0 Å². The summed E-state index contributed by atoms with van der Waals surface area (Å²) in [5, 5.41) is 6.49. The molecule has 0 spiro atoms. The van der Waals surface area contributed by atoms with Crippen LogP contribution in [0.1, 0.15) is 19.7 Å². The molecule has 2 aromatic rings. The Hall–Kier alpha value is -1.20. The predicted octanol–water partition coefficient (Wildman–Crippen LogP) is 2.57. The Morgan fingerprint density at radius 3 is 2.88 bits per heavy atom. The summed E-state index contributed by atoms with van der Waals surface area (Å²) < 4.78 is 0. The second-order valence-electron chi connectivity index (χ2n) is 3.99. The summed E-state index contributed by atoms with van der Waals surface area (Å²) >= 11 is 1.67. The van der Waals surface area contributed by atoms with Crippen LogP contribution in [0.2, 0.25) is 0 Å². The van der Waals surface area contributed by atoms with E-state index in [9.17, 15) is 0 Å².